The molecular formula is C29H30F5N5O2. The normalized spacial score (nSPS) is 23.5. The number of rotatable bonds is 8. The monoisotopic (exact) mass is 575 g/mol. The number of carbonyl (C=O) groups is 1. The van der Waals surface area contributed by atoms with Crippen LogP contribution in [0.15, 0.2) is 42.7 Å². The molecule has 7 nitrogen and oxygen atoms in total. The van der Waals surface area contributed by atoms with Gasteiger partial charge >= 0.3 is 12.8 Å². The topological polar surface area (TPSA) is 72.3 Å². The average Bonchev–Trinajstić information content (AvgIpc) is 3.45. The third-order valence-electron chi connectivity index (χ3n) is 8.88. The number of carbonyl (C=O) groups excluding carboxylic acids is 1. The number of amides is 1. The van der Waals surface area contributed by atoms with Gasteiger partial charge in [-0.05, 0) is 80.0 Å². The van der Waals surface area contributed by atoms with Crippen LogP contribution in [0.4, 0.5) is 27.6 Å². The predicted octanol–water partition coefficient (Wildman–Crippen LogP) is 5.71. The van der Waals surface area contributed by atoms with Crippen LogP contribution >= 0.6 is 0 Å². The SMILES string of the molecule is Cn1cnnc1[C@]1(c2cccc(N3Cc4c(cc(CNC5(C)CCC5)cc4C(F)(F)F)C3=O)c2)C[C@H](OC(F)F)C1. The van der Waals surface area contributed by atoms with Gasteiger partial charge in [0.1, 0.15) is 12.2 Å². The third kappa shape index (κ3) is 4.90. The summed E-state index contributed by atoms with van der Waals surface area (Å²) in [6, 6.07) is 9.60. The fourth-order valence-electron chi connectivity index (χ4n) is 6.43. The van der Waals surface area contributed by atoms with Crippen molar-refractivity contribution in [2.45, 2.75) is 82.0 Å². The second kappa shape index (κ2) is 9.87. The third-order valence-corrected chi connectivity index (χ3v) is 8.88. The molecule has 6 rings (SSSR count). The summed E-state index contributed by atoms with van der Waals surface area (Å²) in [5.74, 6) is 0.0380. The van der Waals surface area contributed by atoms with E-state index in [1.165, 1.54) is 11.2 Å². The van der Waals surface area contributed by atoms with Gasteiger partial charge in [0.15, 0.2) is 0 Å². The van der Waals surface area contributed by atoms with Crippen LogP contribution in [0, 0.1) is 0 Å². The molecule has 3 aromatic rings. The van der Waals surface area contributed by atoms with E-state index >= 15 is 0 Å². The van der Waals surface area contributed by atoms with Crippen molar-refractivity contribution in [3.8, 4) is 0 Å². The Morgan fingerprint density at radius 1 is 1.17 bits per heavy atom. The van der Waals surface area contributed by atoms with E-state index in [1.807, 2.05) is 6.92 Å². The summed E-state index contributed by atoms with van der Waals surface area (Å²) in [4.78, 5) is 14.9. The zero-order valence-electron chi connectivity index (χ0n) is 22.6. The van der Waals surface area contributed by atoms with Gasteiger partial charge in [0.2, 0.25) is 0 Å². The highest BCUT2D eigenvalue weighted by Crippen LogP contribution is 2.51. The van der Waals surface area contributed by atoms with Crippen LogP contribution in [0.2, 0.25) is 0 Å². The van der Waals surface area contributed by atoms with Crippen molar-refractivity contribution in [3.05, 3.63) is 76.4 Å². The Hall–Kier alpha value is -3.38. The first-order chi connectivity index (χ1) is 19.4. The molecule has 2 heterocycles. The smallest absolute Gasteiger partial charge is 0.320 e. The number of anilines is 1. The minimum absolute atomic E-state index is 0.0397. The largest absolute Gasteiger partial charge is 0.416 e. The zero-order valence-corrected chi connectivity index (χ0v) is 22.6. The standard InChI is InChI=1S/C29H30F5N5O2/c1-27(7-4-8-27)35-14-17-9-21-22(23(10-17)29(32,33)34)15-39(24(21)40)19-6-3-5-18(11-19)28(25-37-36-16-38(25)2)12-20(13-28)41-26(30)31/h3,5-6,9-11,16,20,26,35H,4,7-8,12-15H2,1-2H3/t20-,28+. The number of hydrogen-bond acceptors (Lipinski definition) is 5. The van der Waals surface area contributed by atoms with Gasteiger partial charge < -0.3 is 19.5 Å². The molecule has 0 saturated heterocycles. The molecule has 2 aliphatic carbocycles. The van der Waals surface area contributed by atoms with Crippen molar-refractivity contribution < 1.29 is 31.5 Å². The molecule has 0 bridgehead atoms. The summed E-state index contributed by atoms with van der Waals surface area (Å²) in [6.45, 7) is -0.862. The number of nitrogens with zero attached hydrogens (tertiary/aromatic N) is 4. The number of halogens is 5. The molecule has 2 fully saturated rings. The van der Waals surface area contributed by atoms with Crippen LogP contribution in [0.1, 0.15) is 77.5 Å². The van der Waals surface area contributed by atoms with Crippen molar-refractivity contribution in [3.63, 3.8) is 0 Å². The number of nitrogens with one attached hydrogen (secondary N) is 1. The van der Waals surface area contributed by atoms with Crippen molar-refractivity contribution >= 4 is 11.6 Å². The van der Waals surface area contributed by atoms with Crippen molar-refractivity contribution in [2.75, 3.05) is 4.90 Å². The molecule has 0 spiro atoms. The summed E-state index contributed by atoms with van der Waals surface area (Å²) < 4.78 is 74.9. The molecule has 1 aromatic heterocycles. The molecule has 41 heavy (non-hydrogen) atoms. The molecule has 1 N–H and O–H groups in total. The Kier molecular flexibility index (Phi) is 6.68. The van der Waals surface area contributed by atoms with E-state index in [0.717, 1.165) is 25.3 Å². The summed E-state index contributed by atoms with van der Waals surface area (Å²) in [7, 11) is 1.75. The van der Waals surface area contributed by atoms with Crippen LogP contribution in [0.25, 0.3) is 0 Å². The Morgan fingerprint density at radius 2 is 1.93 bits per heavy atom. The van der Waals surface area contributed by atoms with E-state index < -0.39 is 35.8 Å². The van der Waals surface area contributed by atoms with Crippen molar-refractivity contribution in [1.82, 2.24) is 20.1 Å². The number of alkyl halides is 5. The first kappa shape index (κ1) is 27.8. The van der Waals surface area contributed by atoms with Gasteiger partial charge in [0.25, 0.3) is 5.91 Å². The van der Waals surface area contributed by atoms with Crippen LogP contribution in [-0.2, 0) is 36.5 Å². The lowest BCUT2D eigenvalue weighted by atomic mass is 9.62. The maximum Gasteiger partial charge on any atom is 0.416 e. The summed E-state index contributed by atoms with van der Waals surface area (Å²) >= 11 is 0. The van der Waals surface area contributed by atoms with Gasteiger partial charge in [0, 0.05) is 30.4 Å². The van der Waals surface area contributed by atoms with Crippen LogP contribution in [0.3, 0.4) is 0 Å². The number of ether oxygens (including phenoxy) is 1. The molecule has 12 heteroatoms. The van der Waals surface area contributed by atoms with Gasteiger partial charge in [-0.2, -0.15) is 22.0 Å². The van der Waals surface area contributed by atoms with Gasteiger partial charge in [0.05, 0.1) is 23.6 Å². The van der Waals surface area contributed by atoms with Crippen LogP contribution in [-0.4, -0.2) is 38.9 Å². The van der Waals surface area contributed by atoms with Crippen molar-refractivity contribution in [1.29, 1.82) is 0 Å². The van der Waals surface area contributed by atoms with E-state index in [1.54, 1.807) is 41.9 Å². The number of benzene rings is 2. The first-order valence-corrected chi connectivity index (χ1v) is 13.6. The Bertz CT molecular complexity index is 1480. The van der Waals surface area contributed by atoms with Crippen LogP contribution in [0.5, 0.6) is 0 Å². The number of aromatic nitrogens is 3. The van der Waals surface area contributed by atoms with Gasteiger partial charge in [-0.25, -0.2) is 0 Å². The molecule has 0 unspecified atom stereocenters. The van der Waals surface area contributed by atoms with Gasteiger partial charge in [-0.15, -0.1) is 10.2 Å². The molecular weight excluding hydrogens is 545 g/mol. The molecule has 2 aromatic carbocycles. The quantitative estimate of drug-likeness (QED) is 0.348. The van der Waals surface area contributed by atoms with Gasteiger partial charge in [-0.3, -0.25) is 4.79 Å². The minimum atomic E-state index is -4.63. The van der Waals surface area contributed by atoms with E-state index in [2.05, 4.69) is 15.5 Å². The van der Waals surface area contributed by atoms with E-state index in [0.29, 0.717) is 22.6 Å². The zero-order chi connectivity index (χ0) is 29.2. The molecule has 1 aliphatic heterocycles. The Balaban J connectivity index is 1.32. The highest BCUT2D eigenvalue weighted by molar-refractivity contribution is 6.10. The summed E-state index contributed by atoms with van der Waals surface area (Å²) in [5.41, 5.74) is -0.205. The van der Waals surface area contributed by atoms with E-state index in [-0.39, 0.29) is 42.6 Å². The maximum atomic E-state index is 14.2. The second-order valence-electron chi connectivity index (χ2n) is 11.7. The molecule has 1 amide bonds. The summed E-state index contributed by atoms with van der Waals surface area (Å²) in [6.07, 6.45) is -0.387. The molecule has 2 saturated carbocycles. The molecule has 0 atom stereocenters. The van der Waals surface area contributed by atoms with Crippen LogP contribution < -0.4 is 10.2 Å². The number of aryl methyl sites for hydroxylation is 1. The first-order valence-electron chi connectivity index (χ1n) is 13.6. The lowest BCUT2D eigenvalue weighted by Crippen LogP contribution is -2.49. The second-order valence-corrected chi connectivity index (χ2v) is 11.7. The molecule has 218 valence electrons. The lowest BCUT2D eigenvalue weighted by molar-refractivity contribution is -0.192. The maximum absolute atomic E-state index is 14.2. The Morgan fingerprint density at radius 3 is 2.54 bits per heavy atom. The fraction of sp³-hybridized carbons (Fsp3) is 0.483. The summed E-state index contributed by atoms with van der Waals surface area (Å²) in [5, 5.41) is 11.5. The highest BCUT2D eigenvalue weighted by Gasteiger charge is 2.52. The van der Waals surface area contributed by atoms with Gasteiger partial charge in [-0.1, -0.05) is 12.1 Å². The fourth-order valence-corrected chi connectivity index (χ4v) is 6.43. The lowest BCUT2D eigenvalue weighted by Gasteiger charge is -2.46. The number of hydrogen-bond donors (Lipinski definition) is 1. The molecule has 3 aliphatic rings. The van der Waals surface area contributed by atoms with E-state index in [4.69, 9.17) is 4.74 Å². The number of fused-ring (bicyclic) bond motifs is 1. The predicted molar refractivity (Wildman–Crippen MR) is 139 cm³/mol. The van der Waals surface area contributed by atoms with Crippen molar-refractivity contribution in [2.24, 2.45) is 7.05 Å². The van der Waals surface area contributed by atoms with E-state index in [9.17, 15) is 26.7 Å². The average molecular weight is 576 g/mol. The molecule has 0 radical (unpaired) electrons. The Labute approximate surface area is 233 Å². The minimum Gasteiger partial charge on any atom is -0.320 e. The highest BCUT2D eigenvalue weighted by atomic mass is 19.4.